The van der Waals surface area contributed by atoms with Gasteiger partial charge in [0.2, 0.25) is 5.89 Å². The molecule has 0 unspecified atom stereocenters. The minimum atomic E-state index is 0.652. The van der Waals surface area contributed by atoms with Gasteiger partial charge >= 0.3 is 0 Å². The monoisotopic (exact) mass is 284 g/mol. The second-order valence-corrected chi connectivity index (χ2v) is 5.10. The minimum Gasteiger partial charge on any atom is -0.494 e. The Kier molecular flexibility index (Phi) is 4.36. The summed E-state index contributed by atoms with van der Waals surface area (Å²) in [6.45, 7) is 5.53. The van der Waals surface area contributed by atoms with Crippen molar-refractivity contribution < 1.29 is 9.15 Å². The zero-order valence-electron chi connectivity index (χ0n) is 12.3. The summed E-state index contributed by atoms with van der Waals surface area (Å²) >= 11 is 0. The predicted octanol–water partition coefficient (Wildman–Crippen LogP) is 3.50. The van der Waals surface area contributed by atoms with E-state index in [1.807, 2.05) is 31.2 Å². The molecule has 0 amide bonds. The van der Waals surface area contributed by atoms with E-state index in [4.69, 9.17) is 9.15 Å². The average Bonchev–Trinajstić information content (AvgIpc) is 2.97. The number of hydrogen-bond acceptors (Lipinski definition) is 4. The second-order valence-electron chi connectivity index (χ2n) is 5.10. The molecule has 0 aliphatic carbocycles. The van der Waals surface area contributed by atoms with Crippen LogP contribution in [0.4, 0.5) is 0 Å². The highest BCUT2D eigenvalue weighted by molar-refractivity contribution is 5.56. The Balaban J connectivity index is 1.72. The first kappa shape index (κ1) is 13.9. The number of aromatic nitrogens is 1. The van der Waals surface area contributed by atoms with E-state index >= 15 is 0 Å². The van der Waals surface area contributed by atoms with E-state index in [1.165, 1.54) is 0 Å². The summed E-state index contributed by atoms with van der Waals surface area (Å²) in [4.78, 5) is 6.95. The van der Waals surface area contributed by atoms with Crippen LogP contribution in [0.2, 0.25) is 0 Å². The Morgan fingerprint density at radius 1 is 1.33 bits per heavy atom. The molecule has 21 heavy (non-hydrogen) atoms. The fourth-order valence-electron chi connectivity index (χ4n) is 2.46. The van der Waals surface area contributed by atoms with E-state index in [0.29, 0.717) is 12.5 Å². The lowest BCUT2D eigenvalue weighted by molar-refractivity contribution is 0.287. The maximum Gasteiger partial charge on any atom is 0.226 e. The maximum absolute atomic E-state index is 5.61. The van der Waals surface area contributed by atoms with Crippen molar-refractivity contribution in [2.24, 2.45) is 0 Å². The van der Waals surface area contributed by atoms with Gasteiger partial charge in [0, 0.05) is 25.2 Å². The number of oxazole rings is 1. The summed E-state index contributed by atoms with van der Waals surface area (Å²) in [5.41, 5.74) is 1.92. The molecule has 110 valence electrons. The standard InChI is InChI=1S/C17H20N2O2/c1-2-20-16-8-6-7-14(11-16)17-18-15(13-21-17)12-19-9-4-3-5-10-19/h3-4,6-8,11,13H,2,5,9-10,12H2,1H3. The van der Waals surface area contributed by atoms with Gasteiger partial charge < -0.3 is 9.15 Å². The van der Waals surface area contributed by atoms with Gasteiger partial charge in [-0.25, -0.2) is 4.98 Å². The SMILES string of the molecule is CCOc1cccc(-c2nc(CN3CC=CCC3)co2)c1. The van der Waals surface area contributed by atoms with E-state index in [9.17, 15) is 0 Å². The molecular formula is C17H20N2O2. The van der Waals surface area contributed by atoms with Crippen LogP contribution in [-0.2, 0) is 6.54 Å². The molecule has 2 aromatic rings. The smallest absolute Gasteiger partial charge is 0.226 e. The molecule has 0 atom stereocenters. The highest BCUT2D eigenvalue weighted by Gasteiger charge is 2.12. The number of rotatable bonds is 5. The summed E-state index contributed by atoms with van der Waals surface area (Å²) < 4.78 is 11.1. The topological polar surface area (TPSA) is 38.5 Å². The Hall–Kier alpha value is -2.07. The summed E-state index contributed by atoms with van der Waals surface area (Å²) in [5.74, 6) is 1.50. The van der Waals surface area contributed by atoms with Crippen molar-refractivity contribution in [3.63, 3.8) is 0 Å². The highest BCUT2D eigenvalue weighted by Crippen LogP contribution is 2.23. The average molecular weight is 284 g/mol. The van der Waals surface area contributed by atoms with Crippen molar-refractivity contribution in [1.29, 1.82) is 0 Å². The fraction of sp³-hybridized carbons (Fsp3) is 0.353. The highest BCUT2D eigenvalue weighted by atomic mass is 16.5. The summed E-state index contributed by atoms with van der Waals surface area (Å²) in [6, 6.07) is 7.85. The van der Waals surface area contributed by atoms with Crippen LogP contribution in [0.3, 0.4) is 0 Å². The first-order valence-electron chi connectivity index (χ1n) is 7.40. The quantitative estimate of drug-likeness (QED) is 0.788. The van der Waals surface area contributed by atoms with Gasteiger partial charge in [-0.05, 0) is 31.5 Å². The Labute approximate surface area is 125 Å². The summed E-state index contributed by atoms with van der Waals surface area (Å²) in [7, 11) is 0. The lowest BCUT2D eigenvalue weighted by Crippen LogP contribution is -2.26. The third kappa shape index (κ3) is 3.52. The number of hydrogen-bond donors (Lipinski definition) is 0. The molecule has 0 N–H and O–H groups in total. The van der Waals surface area contributed by atoms with E-state index < -0.39 is 0 Å². The Bertz CT molecular complexity index is 619. The van der Waals surface area contributed by atoms with Gasteiger partial charge in [0.25, 0.3) is 0 Å². The van der Waals surface area contributed by atoms with Crippen molar-refractivity contribution in [2.45, 2.75) is 19.9 Å². The molecule has 4 nitrogen and oxygen atoms in total. The van der Waals surface area contributed by atoms with Gasteiger partial charge in [-0.3, -0.25) is 4.90 Å². The van der Waals surface area contributed by atoms with Crippen LogP contribution in [0.15, 0.2) is 47.1 Å². The lowest BCUT2D eigenvalue weighted by Gasteiger charge is -2.21. The van der Waals surface area contributed by atoms with Crippen LogP contribution in [0.25, 0.3) is 11.5 Å². The van der Waals surface area contributed by atoms with E-state index in [1.54, 1.807) is 6.26 Å². The van der Waals surface area contributed by atoms with Crippen molar-refractivity contribution in [2.75, 3.05) is 19.7 Å². The van der Waals surface area contributed by atoms with Gasteiger partial charge in [-0.1, -0.05) is 18.2 Å². The second kappa shape index (κ2) is 6.59. The third-order valence-corrected chi connectivity index (χ3v) is 3.47. The Morgan fingerprint density at radius 2 is 2.29 bits per heavy atom. The molecule has 0 saturated carbocycles. The van der Waals surface area contributed by atoms with Crippen LogP contribution >= 0.6 is 0 Å². The zero-order chi connectivity index (χ0) is 14.5. The van der Waals surface area contributed by atoms with Crippen LogP contribution in [-0.4, -0.2) is 29.6 Å². The number of benzene rings is 1. The van der Waals surface area contributed by atoms with Gasteiger partial charge in [0.05, 0.1) is 12.3 Å². The maximum atomic E-state index is 5.61. The summed E-state index contributed by atoms with van der Waals surface area (Å²) in [5, 5.41) is 0. The first-order chi connectivity index (χ1) is 10.3. The van der Waals surface area contributed by atoms with E-state index in [-0.39, 0.29) is 0 Å². The number of ether oxygens (including phenoxy) is 1. The normalized spacial score (nSPS) is 15.3. The Morgan fingerprint density at radius 3 is 3.10 bits per heavy atom. The van der Waals surface area contributed by atoms with Crippen molar-refractivity contribution in [3.05, 3.63) is 48.4 Å². The summed E-state index contributed by atoms with van der Waals surface area (Å²) in [6.07, 6.45) is 7.29. The van der Waals surface area contributed by atoms with Crippen LogP contribution in [0, 0.1) is 0 Å². The molecule has 1 aromatic carbocycles. The molecule has 2 heterocycles. The molecule has 0 radical (unpaired) electrons. The zero-order valence-corrected chi connectivity index (χ0v) is 12.3. The van der Waals surface area contributed by atoms with Crippen LogP contribution in [0.1, 0.15) is 19.0 Å². The molecule has 1 aliphatic heterocycles. The van der Waals surface area contributed by atoms with Gasteiger partial charge in [-0.15, -0.1) is 0 Å². The third-order valence-electron chi connectivity index (χ3n) is 3.47. The predicted molar refractivity (Wildman–Crippen MR) is 82.1 cm³/mol. The molecule has 4 heteroatoms. The van der Waals surface area contributed by atoms with Crippen molar-refractivity contribution in [1.82, 2.24) is 9.88 Å². The lowest BCUT2D eigenvalue weighted by atomic mass is 10.2. The molecule has 1 aliphatic rings. The molecule has 0 fully saturated rings. The molecule has 0 bridgehead atoms. The van der Waals surface area contributed by atoms with Gasteiger partial charge in [0.15, 0.2) is 0 Å². The molecular weight excluding hydrogens is 264 g/mol. The van der Waals surface area contributed by atoms with Crippen molar-refractivity contribution >= 4 is 0 Å². The molecule has 0 spiro atoms. The van der Waals surface area contributed by atoms with Crippen LogP contribution in [0.5, 0.6) is 5.75 Å². The fourth-order valence-corrected chi connectivity index (χ4v) is 2.46. The number of nitrogens with zero attached hydrogens (tertiary/aromatic N) is 2. The van der Waals surface area contributed by atoms with E-state index in [0.717, 1.165) is 43.1 Å². The van der Waals surface area contributed by atoms with Gasteiger partial charge in [0.1, 0.15) is 12.0 Å². The molecule has 1 aromatic heterocycles. The molecule has 3 rings (SSSR count). The van der Waals surface area contributed by atoms with Gasteiger partial charge in [-0.2, -0.15) is 0 Å². The molecule has 0 saturated heterocycles. The largest absolute Gasteiger partial charge is 0.494 e. The first-order valence-corrected chi connectivity index (χ1v) is 7.40. The minimum absolute atomic E-state index is 0.652. The van der Waals surface area contributed by atoms with Crippen LogP contribution < -0.4 is 4.74 Å². The van der Waals surface area contributed by atoms with E-state index in [2.05, 4.69) is 22.0 Å². The van der Waals surface area contributed by atoms with Crippen molar-refractivity contribution in [3.8, 4) is 17.2 Å².